The monoisotopic (exact) mass is 348 g/mol. The summed E-state index contributed by atoms with van der Waals surface area (Å²) >= 11 is 0. The van der Waals surface area contributed by atoms with Crippen LogP contribution in [0.15, 0.2) is 30.3 Å². The van der Waals surface area contributed by atoms with Gasteiger partial charge in [0.05, 0.1) is 0 Å². The molecule has 128 valence electrons. The van der Waals surface area contributed by atoms with E-state index < -0.39 is 8.97 Å². The molecule has 0 saturated carbocycles. The second kappa shape index (κ2) is 12.0. The van der Waals surface area contributed by atoms with Crippen LogP contribution < -0.4 is 5.32 Å². The van der Waals surface area contributed by atoms with Crippen molar-refractivity contribution in [2.24, 2.45) is 0 Å². The van der Waals surface area contributed by atoms with Gasteiger partial charge in [-0.3, -0.25) is 4.57 Å². The molecule has 22 heavy (non-hydrogen) atoms. The summed E-state index contributed by atoms with van der Waals surface area (Å²) in [5.74, 6) is 0. The molecule has 0 heterocycles. The van der Waals surface area contributed by atoms with Gasteiger partial charge in [-0.25, -0.2) is 0 Å². The highest BCUT2D eigenvalue weighted by atomic mass is 35.5. The maximum Gasteiger partial charge on any atom is 0.598 e. The van der Waals surface area contributed by atoms with Gasteiger partial charge in [-0.1, -0.05) is 37.3 Å². The largest absolute Gasteiger partial charge is 0.598 e. The van der Waals surface area contributed by atoms with Gasteiger partial charge in [-0.2, -0.15) is 0 Å². The number of halogens is 1. The zero-order valence-electron chi connectivity index (χ0n) is 14.0. The Morgan fingerprint density at radius 2 is 1.59 bits per heavy atom. The van der Waals surface area contributed by atoms with E-state index >= 15 is 0 Å². The first kappa shape index (κ1) is 21.5. The van der Waals surface area contributed by atoms with Gasteiger partial charge in [0.2, 0.25) is 0 Å². The first-order chi connectivity index (χ1) is 10.2. The summed E-state index contributed by atoms with van der Waals surface area (Å²) in [5, 5.41) is 3.45. The van der Waals surface area contributed by atoms with Crippen LogP contribution in [0.4, 0.5) is 0 Å². The molecule has 0 aliphatic heterocycles. The van der Waals surface area contributed by atoms with Crippen molar-refractivity contribution in [2.75, 3.05) is 41.0 Å². The van der Waals surface area contributed by atoms with Gasteiger partial charge in [-0.05, 0) is 18.5 Å². The fraction of sp³-hybridized carbons (Fsp3) is 0.600. The van der Waals surface area contributed by atoms with Crippen molar-refractivity contribution < 1.29 is 13.3 Å². The Balaban J connectivity index is 0.00000441. The van der Waals surface area contributed by atoms with Gasteiger partial charge in [0.25, 0.3) is 0 Å². The summed E-state index contributed by atoms with van der Waals surface area (Å²) in [7, 11) is 2.25. The van der Waals surface area contributed by atoms with Crippen LogP contribution in [-0.4, -0.2) is 54.5 Å². The molecule has 1 aromatic carbocycles. The van der Waals surface area contributed by atoms with Gasteiger partial charge in [0.15, 0.2) is 0 Å². The average molecular weight is 349 g/mol. The quantitative estimate of drug-likeness (QED) is 0.491. The first-order valence-corrected chi connectivity index (χ1v) is 9.04. The molecule has 0 saturated heterocycles. The summed E-state index contributed by atoms with van der Waals surface area (Å²) in [6.45, 7) is 5.60. The predicted molar refractivity (Wildman–Crippen MR) is 94.0 cm³/mol. The van der Waals surface area contributed by atoms with Gasteiger partial charge >= 0.3 is 8.97 Å². The van der Waals surface area contributed by atoms with E-state index in [9.17, 15) is 0 Å². The Kier molecular flexibility index (Phi) is 11.8. The molecular weight excluding hydrogens is 320 g/mol. The SMILES string of the molecule is CCCN(CCNCc1ccccc1)[Si](OC)(OC)OC.Cl. The van der Waals surface area contributed by atoms with Gasteiger partial charge in [0.1, 0.15) is 0 Å². The first-order valence-electron chi connectivity index (χ1n) is 7.37. The number of hydrogen-bond donors (Lipinski definition) is 1. The second-order valence-electron chi connectivity index (χ2n) is 4.79. The van der Waals surface area contributed by atoms with Gasteiger partial charge in [-0.15, -0.1) is 12.4 Å². The van der Waals surface area contributed by atoms with E-state index in [4.69, 9.17) is 13.3 Å². The van der Waals surface area contributed by atoms with Crippen molar-refractivity contribution in [3.05, 3.63) is 35.9 Å². The Bertz CT molecular complexity index is 372. The third kappa shape index (κ3) is 6.34. The van der Waals surface area contributed by atoms with E-state index in [1.54, 1.807) is 21.3 Å². The number of nitrogens with zero attached hydrogens (tertiary/aromatic N) is 1. The zero-order valence-corrected chi connectivity index (χ0v) is 15.8. The van der Waals surface area contributed by atoms with Crippen LogP contribution in [0, 0.1) is 0 Å². The summed E-state index contributed by atoms with van der Waals surface area (Å²) < 4.78 is 18.9. The summed E-state index contributed by atoms with van der Waals surface area (Å²) in [6.07, 6.45) is 1.03. The third-order valence-corrected chi connectivity index (χ3v) is 6.15. The van der Waals surface area contributed by atoms with E-state index in [1.165, 1.54) is 5.56 Å². The smallest absolute Gasteiger partial charge is 0.364 e. The standard InChI is InChI=1S/C15H28N2O3Si.ClH/c1-5-12-17(21(18-2,19-3)20-4)13-11-16-14-15-9-7-6-8-10-15;/h6-10,16H,5,11-14H2,1-4H3;1H. The van der Waals surface area contributed by atoms with E-state index in [-0.39, 0.29) is 12.4 Å². The third-order valence-electron chi connectivity index (χ3n) is 3.39. The molecule has 0 fully saturated rings. The maximum absolute atomic E-state index is 5.56. The molecule has 0 radical (unpaired) electrons. The van der Waals surface area contributed by atoms with Crippen molar-refractivity contribution in [1.82, 2.24) is 9.88 Å². The summed E-state index contributed by atoms with van der Waals surface area (Å²) in [6, 6.07) is 10.4. The van der Waals surface area contributed by atoms with Crippen molar-refractivity contribution in [3.63, 3.8) is 0 Å². The highest BCUT2D eigenvalue weighted by molar-refractivity contribution is 6.57. The fourth-order valence-corrected chi connectivity index (χ4v) is 4.49. The fourth-order valence-electron chi connectivity index (χ4n) is 2.34. The molecule has 0 unspecified atom stereocenters. The molecule has 5 nitrogen and oxygen atoms in total. The van der Waals surface area contributed by atoms with E-state index in [0.717, 1.165) is 32.6 Å². The lowest BCUT2D eigenvalue weighted by Crippen LogP contribution is -2.60. The maximum atomic E-state index is 5.56. The summed E-state index contributed by atoms with van der Waals surface area (Å²) in [4.78, 5) is 0. The predicted octanol–water partition coefficient (Wildman–Crippen LogP) is 2.28. The number of nitrogens with one attached hydrogen (secondary N) is 1. The van der Waals surface area contributed by atoms with Crippen LogP contribution in [0.5, 0.6) is 0 Å². The average Bonchev–Trinajstić information content (AvgIpc) is 2.54. The molecule has 1 N–H and O–H groups in total. The van der Waals surface area contributed by atoms with Crippen molar-refractivity contribution in [1.29, 1.82) is 0 Å². The Hall–Kier alpha value is -0.473. The lowest BCUT2D eigenvalue weighted by atomic mass is 10.2. The van der Waals surface area contributed by atoms with Crippen LogP contribution in [-0.2, 0) is 19.8 Å². The highest BCUT2D eigenvalue weighted by Gasteiger charge is 2.45. The zero-order chi connectivity index (χ0) is 15.6. The summed E-state index contributed by atoms with van der Waals surface area (Å²) in [5.41, 5.74) is 1.29. The van der Waals surface area contributed by atoms with E-state index in [1.807, 2.05) is 6.07 Å². The molecule has 0 aliphatic carbocycles. The molecule has 1 aromatic rings. The van der Waals surface area contributed by atoms with Crippen molar-refractivity contribution in [2.45, 2.75) is 19.9 Å². The van der Waals surface area contributed by atoms with Crippen LogP contribution in [0.3, 0.4) is 0 Å². The second-order valence-corrected chi connectivity index (χ2v) is 7.69. The van der Waals surface area contributed by atoms with Crippen LogP contribution in [0.2, 0.25) is 0 Å². The molecule has 0 aliphatic rings. The molecular formula is C15H29ClN2O3Si. The lowest BCUT2D eigenvalue weighted by molar-refractivity contribution is 0.0575. The molecule has 0 amide bonds. The molecule has 7 heteroatoms. The van der Waals surface area contributed by atoms with Crippen LogP contribution in [0.1, 0.15) is 18.9 Å². The van der Waals surface area contributed by atoms with E-state index in [2.05, 4.69) is 41.1 Å². The lowest BCUT2D eigenvalue weighted by Gasteiger charge is -2.35. The Labute approximate surface area is 141 Å². The molecule has 0 bridgehead atoms. The number of hydrogen-bond acceptors (Lipinski definition) is 5. The molecule has 0 atom stereocenters. The van der Waals surface area contributed by atoms with Crippen LogP contribution in [0.25, 0.3) is 0 Å². The van der Waals surface area contributed by atoms with E-state index in [0.29, 0.717) is 0 Å². The Morgan fingerprint density at radius 3 is 2.09 bits per heavy atom. The molecule has 0 aromatic heterocycles. The minimum absolute atomic E-state index is 0. The van der Waals surface area contributed by atoms with Crippen LogP contribution >= 0.6 is 12.4 Å². The van der Waals surface area contributed by atoms with Crippen molar-refractivity contribution >= 4 is 21.4 Å². The molecule has 1 rings (SSSR count). The normalized spacial score (nSPS) is 11.5. The highest BCUT2D eigenvalue weighted by Crippen LogP contribution is 2.13. The minimum atomic E-state index is -2.70. The molecule has 0 spiro atoms. The van der Waals surface area contributed by atoms with Crippen molar-refractivity contribution in [3.8, 4) is 0 Å². The topological polar surface area (TPSA) is 43.0 Å². The number of rotatable bonds is 11. The Morgan fingerprint density at radius 1 is 1.00 bits per heavy atom. The number of benzene rings is 1. The minimum Gasteiger partial charge on any atom is -0.364 e. The van der Waals surface area contributed by atoms with Gasteiger partial charge in [0, 0.05) is 41.0 Å². The van der Waals surface area contributed by atoms with Gasteiger partial charge < -0.3 is 18.6 Å².